The highest BCUT2D eigenvalue weighted by molar-refractivity contribution is 5.73. The molecule has 19 heavy (non-hydrogen) atoms. The van der Waals surface area contributed by atoms with Crippen LogP contribution in [-0.2, 0) is 0 Å². The van der Waals surface area contributed by atoms with Crippen LogP contribution in [0.25, 0.3) is 11.1 Å². The molecule has 1 fully saturated rings. The Kier molecular flexibility index (Phi) is 2.91. The first kappa shape index (κ1) is 11.7. The van der Waals surface area contributed by atoms with Crippen molar-refractivity contribution in [1.29, 1.82) is 0 Å². The van der Waals surface area contributed by atoms with Gasteiger partial charge in [0, 0.05) is 30.9 Å². The number of nitrogens with one attached hydrogen (secondary N) is 1. The van der Waals surface area contributed by atoms with Crippen LogP contribution in [0.4, 0.5) is 11.4 Å². The van der Waals surface area contributed by atoms with Crippen LogP contribution in [0, 0.1) is 10.1 Å². The van der Waals surface area contributed by atoms with E-state index in [2.05, 4.69) is 15.1 Å². The summed E-state index contributed by atoms with van der Waals surface area (Å²) in [6.07, 6.45) is 5.59. The molecular weight excluding hydrogens is 244 g/mol. The van der Waals surface area contributed by atoms with Crippen molar-refractivity contribution in [3.63, 3.8) is 0 Å². The summed E-state index contributed by atoms with van der Waals surface area (Å²) in [5, 5.41) is 17.8. The van der Waals surface area contributed by atoms with Gasteiger partial charge in [0.15, 0.2) is 0 Å². The van der Waals surface area contributed by atoms with E-state index in [0.29, 0.717) is 0 Å². The normalized spacial score (nSPS) is 14.8. The third-order valence-corrected chi connectivity index (χ3v) is 3.45. The highest BCUT2D eigenvalue weighted by atomic mass is 16.6. The molecule has 1 aliphatic heterocycles. The van der Waals surface area contributed by atoms with Gasteiger partial charge in [-0.1, -0.05) is 6.07 Å². The van der Waals surface area contributed by atoms with E-state index in [1.807, 2.05) is 12.1 Å². The van der Waals surface area contributed by atoms with Crippen molar-refractivity contribution >= 4 is 11.4 Å². The number of nitro benzene ring substituents is 1. The van der Waals surface area contributed by atoms with Crippen molar-refractivity contribution in [2.24, 2.45) is 0 Å². The molecule has 6 heteroatoms. The van der Waals surface area contributed by atoms with Crippen LogP contribution in [0.2, 0.25) is 0 Å². The Morgan fingerprint density at radius 2 is 2.05 bits per heavy atom. The quantitative estimate of drug-likeness (QED) is 0.678. The van der Waals surface area contributed by atoms with E-state index in [9.17, 15) is 10.1 Å². The highest BCUT2D eigenvalue weighted by Gasteiger charge is 2.22. The van der Waals surface area contributed by atoms with Gasteiger partial charge in [0.05, 0.1) is 11.1 Å². The number of H-pyrrole nitrogens is 1. The lowest BCUT2D eigenvalue weighted by Gasteiger charge is -2.17. The van der Waals surface area contributed by atoms with Crippen LogP contribution >= 0.6 is 0 Å². The molecule has 0 spiro atoms. The monoisotopic (exact) mass is 258 g/mol. The van der Waals surface area contributed by atoms with Crippen molar-refractivity contribution in [2.45, 2.75) is 12.8 Å². The SMILES string of the molecule is O=[N+]([O-])c1cc(-c2cn[nH]c2)ccc1N1CCCC1. The van der Waals surface area contributed by atoms with Crippen molar-refractivity contribution in [1.82, 2.24) is 10.2 Å². The first-order chi connectivity index (χ1) is 9.25. The third-order valence-electron chi connectivity index (χ3n) is 3.45. The molecule has 2 aromatic rings. The molecule has 1 N–H and O–H groups in total. The smallest absolute Gasteiger partial charge is 0.293 e. The average molecular weight is 258 g/mol. The second kappa shape index (κ2) is 4.72. The van der Waals surface area contributed by atoms with Crippen molar-refractivity contribution in [3.05, 3.63) is 40.7 Å². The van der Waals surface area contributed by atoms with Gasteiger partial charge in [0.2, 0.25) is 0 Å². The van der Waals surface area contributed by atoms with Gasteiger partial charge in [-0.3, -0.25) is 15.2 Å². The van der Waals surface area contributed by atoms with E-state index in [4.69, 9.17) is 0 Å². The topological polar surface area (TPSA) is 75.1 Å². The lowest BCUT2D eigenvalue weighted by molar-refractivity contribution is -0.384. The van der Waals surface area contributed by atoms with Crippen LogP contribution in [0.3, 0.4) is 0 Å². The molecule has 1 saturated heterocycles. The third kappa shape index (κ3) is 2.16. The maximum Gasteiger partial charge on any atom is 0.293 e. The number of anilines is 1. The first-order valence-electron chi connectivity index (χ1n) is 6.28. The molecule has 2 heterocycles. The van der Waals surface area contributed by atoms with E-state index in [1.165, 1.54) is 0 Å². The second-order valence-electron chi connectivity index (χ2n) is 4.64. The molecule has 0 aliphatic carbocycles. The van der Waals surface area contributed by atoms with Gasteiger partial charge in [-0.2, -0.15) is 5.10 Å². The summed E-state index contributed by atoms with van der Waals surface area (Å²) in [6.45, 7) is 1.79. The number of hydrogen-bond acceptors (Lipinski definition) is 4. The van der Waals surface area contributed by atoms with Crippen molar-refractivity contribution in [2.75, 3.05) is 18.0 Å². The van der Waals surface area contributed by atoms with Gasteiger partial charge in [-0.15, -0.1) is 0 Å². The number of aromatic amines is 1. The van der Waals surface area contributed by atoms with Gasteiger partial charge >= 0.3 is 0 Å². The van der Waals surface area contributed by atoms with Crippen LogP contribution in [0.5, 0.6) is 0 Å². The minimum atomic E-state index is -0.308. The van der Waals surface area contributed by atoms with Gasteiger partial charge in [0.1, 0.15) is 5.69 Å². The zero-order chi connectivity index (χ0) is 13.2. The Morgan fingerprint density at radius 3 is 2.68 bits per heavy atom. The Labute approximate surface area is 110 Å². The fraction of sp³-hybridized carbons (Fsp3) is 0.308. The Morgan fingerprint density at radius 1 is 1.26 bits per heavy atom. The number of hydrogen-bond donors (Lipinski definition) is 1. The fourth-order valence-corrected chi connectivity index (χ4v) is 2.48. The van der Waals surface area contributed by atoms with E-state index >= 15 is 0 Å². The Balaban J connectivity index is 2.04. The Hall–Kier alpha value is -2.37. The number of rotatable bonds is 3. The fourth-order valence-electron chi connectivity index (χ4n) is 2.48. The van der Waals surface area contributed by atoms with Gasteiger partial charge in [0.25, 0.3) is 5.69 Å². The summed E-state index contributed by atoms with van der Waals surface area (Å²) < 4.78 is 0. The molecule has 0 saturated carbocycles. The van der Waals surface area contributed by atoms with Crippen molar-refractivity contribution in [3.8, 4) is 11.1 Å². The second-order valence-corrected chi connectivity index (χ2v) is 4.64. The van der Waals surface area contributed by atoms with E-state index in [1.54, 1.807) is 18.5 Å². The molecule has 0 bridgehead atoms. The lowest BCUT2D eigenvalue weighted by Crippen LogP contribution is -2.18. The summed E-state index contributed by atoms with van der Waals surface area (Å²) in [5.41, 5.74) is 2.55. The first-order valence-corrected chi connectivity index (χ1v) is 6.28. The predicted octanol–water partition coefficient (Wildman–Crippen LogP) is 2.59. The van der Waals surface area contributed by atoms with Crippen LogP contribution in [0.1, 0.15) is 12.8 Å². The summed E-state index contributed by atoms with van der Waals surface area (Å²) in [7, 11) is 0. The minimum Gasteiger partial charge on any atom is -0.366 e. The summed E-state index contributed by atoms with van der Waals surface area (Å²) in [4.78, 5) is 13.0. The van der Waals surface area contributed by atoms with E-state index < -0.39 is 0 Å². The molecule has 6 nitrogen and oxygen atoms in total. The number of nitrogens with zero attached hydrogens (tertiary/aromatic N) is 3. The maximum absolute atomic E-state index is 11.3. The Bertz CT molecular complexity index is 589. The van der Waals surface area contributed by atoms with Gasteiger partial charge < -0.3 is 4.90 Å². The maximum atomic E-state index is 11.3. The molecule has 98 valence electrons. The average Bonchev–Trinajstić information content (AvgIpc) is 3.11. The van der Waals surface area contributed by atoms with E-state index in [0.717, 1.165) is 42.7 Å². The summed E-state index contributed by atoms with van der Waals surface area (Å²) >= 11 is 0. The molecule has 1 aliphatic rings. The molecule has 1 aromatic carbocycles. The van der Waals surface area contributed by atoms with Gasteiger partial charge in [-0.05, 0) is 24.5 Å². The molecule has 1 aromatic heterocycles. The van der Waals surface area contributed by atoms with Crippen molar-refractivity contribution < 1.29 is 4.92 Å². The highest BCUT2D eigenvalue weighted by Crippen LogP contribution is 2.34. The zero-order valence-corrected chi connectivity index (χ0v) is 10.4. The minimum absolute atomic E-state index is 0.167. The molecule has 0 amide bonds. The lowest BCUT2D eigenvalue weighted by atomic mass is 10.1. The standard InChI is InChI=1S/C13H14N4O2/c18-17(19)13-7-10(11-8-14-15-9-11)3-4-12(13)16-5-1-2-6-16/h3-4,7-9H,1-2,5-6H2,(H,14,15). The van der Waals surface area contributed by atoms with Crippen LogP contribution in [-0.4, -0.2) is 28.2 Å². The van der Waals surface area contributed by atoms with Gasteiger partial charge in [-0.25, -0.2) is 0 Å². The number of benzene rings is 1. The molecule has 0 radical (unpaired) electrons. The summed E-state index contributed by atoms with van der Waals surface area (Å²) in [5.74, 6) is 0. The van der Waals surface area contributed by atoms with Crippen LogP contribution in [0.15, 0.2) is 30.6 Å². The molecular formula is C13H14N4O2. The number of nitro groups is 1. The summed E-state index contributed by atoms with van der Waals surface area (Å²) in [6, 6.07) is 5.37. The predicted molar refractivity (Wildman–Crippen MR) is 72.1 cm³/mol. The number of aromatic nitrogens is 2. The largest absolute Gasteiger partial charge is 0.366 e. The molecule has 0 unspecified atom stereocenters. The molecule has 3 rings (SSSR count). The van der Waals surface area contributed by atoms with E-state index in [-0.39, 0.29) is 10.6 Å². The van der Waals surface area contributed by atoms with Crippen LogP contribution < -0.4 is 4.90 Å². The molecule has 0 atom stereocenters. The zero-order valence-electron chi connectivity index (χ0n) is 10.4.